The zero-order valence-corrected chi connectivity index (χ0v) is 10.3. The normalized spacial score (nSPS) is 22.4. The summed E-state index contributed by atoms with van der Waals surface area (Å²) in [7, 11) is 0. The second kappa shape index (κ2) is 4.98. The van der Waals surface area contributed by atoms with Crippen molar-refractivity contribution in [3.05, 3.63) is 23.8 Å². The van der Waals surface area contributed by atoms with Crippen LogP contribution in [0.5, 0.6) is 5.75 Å². The Balaban J connectivity index is 1.65. The summed E-state index contributed by atoms with van der Waals surface area (Å²) in [6, 6.07) is 5.90. The number of hydrogen-bond donors (Lipinski definition) is 1. The van der Waals surface area contributed by atoms with Crippen molar-refractivity contribution in [3.63, 3.8) is 0 Å². The summed E-state index contributed by atoms with van der Waals surface area (Å²) in [5.41, 5.74) is 2.06. The summed E-state index contributed by atoms with van der Waals surface area (Å²) >= 11 is 0. The Kier molecular flexibility index (Phi) is 3.19. The maximum atomic E-state index is 11.3. The molecule has 1 amide bonds. The largest absolute Gasteiger partial charge is 0.491 e. The molecule has 1 saturated heterocycles. The number of rotatable bonds is 3. The first-order valence-corrected chi connectivity index (χ1v) is 6.48. The van der Waals surface area contributed by atoms with Gasteiger partial charge in [0.25, 0.3) is 0 Å². The standard InChI is InChI=1S/C14H17NO3/c16-14-6-4-10-3-5-11(8-13(10)15-14)18-9-12-2-1-7-17-12/h3,5,8,12H,1-2,4,6-7,9H2,(H,15,16). The molecule has 96 valence electrons. The smallest absolute Gasteiger partial charge is 0.224 e. The van der Waals surface area contributed by atoms with Crippen LogP contribution in [0, 0.1) is 0 Å². The Morgan fingerprint density at radius 3 is 3.17 bits per heavy atom. The lowest BCUT2D eigenvalue weighted by molar-refractivity contribution is -0.116. The average molecular weight is 247 g/mol. The molecule has 0 aromatic heterocycles. The minimum Gasteiger partial charge on any atom is -0.491 e. The van der Waals surface area contributed by atoms with Crippen molar-refractivity contribution >= 4 is 11.6 Å². The zero-order chi connectivity index (χ0) is 12.4. The monoisotopic (exact) mass is 247 g/mol. The summed E-state index contributed by atoms with van der Waals surface area (Å²) in [6.07, 6.45) is 3.79. The highest BCUT2D eigenvalue weighted by molar-refractivity contribution is 5.94. The first kappa shape index (κ1) is 11.5. The van der Waals surface area contributed by atoms with E-state index in [1.807, 2.05) is 18.2 Å². The number of hydrogen-bond acceptors (Lipinski definition) is 3. The van der Waals surface area contributed by atoms with Crippen LogP contribution < -0.4 is 10.1 Å². The minimum atomic E-state index is 0.0822. The van der Waals surface area contributed by atoms with Crippen molar-refractivity contribution in [1.82, 2.24) is 0 Å². The van der Waals surface area contributed by atoms with Gasteiger partial charge in [-0.3, -0.25) is 4.79 Å². The maximum Gasteiger partial charge on any atom is 0.224 e. The third-order valence-electron chi connectivity index (χ3n) is 3.44. The molecule has 4 nitrogen and oxygen atoms in total. The van der Waals surface area contributed by atoms with Crippen molar-refractivity contribution in [3.8, 4) is 5.75 Å². The lowest BCUT2D eigenvalue weighted by Gasteiger charge is -2.18. The van der Waals surface area contributed by atoms with Crippen LogP contribution in [0.25, 0.3) is 0 Å². The number of carbonyl (C=O) groups is 1. The molecular weight excluding hydrogens is 230 g/mol. The van der Waals surface area contributed by atoms with Gasteiger partial charge in [-0.25, -0.2) is 0 Å². The number of carbonyl (C=O) groups excluding carboxylic acids is 1. The topological polar surface area (TPSA) is 47.6 Å². The third-order valence-corrected chi connectivity index (χ3v) is 3.44. The summed E-state index contributed by atoms with van der Waals surface area (Å²) in [5, 5.41) is 2.88. The summed E-state index contributed by atoms with van der Waals surface area (Å²) in [6.45, 7) is 1.43. The molecule has 1 fully saturated rings. The minimum absolute atomic E-state index is 0.0822. The Labute approximate surface area is 106 Å². The third kappa shape index (κ3) is 2.48. The van der Waals surface area contributed by atoms with Gasteiger partial charge in [-0.2, -0.15) is 0 Å². The highest BCUT2D eigenvalue weighted by Crippen LogP contribution is 2.27. The van der Waals surface area contributed by atoms with E-state index in [0.717, 1.165) is 37.3 Å². The number of amides is 1. The van der Waals surface area contributed by atoms with Gasteiger partial charge in [0.15, 0.2) is 0 Å². The van der Waals surface area contributed by atoms with Gasteiger partial charge in [-0.05, 0) is 30.9 Å². The highest BCUT2D eigenvalue weighted by Gasteiger charge is 2.18. The second-order valence-electron chi connectivity index (χ2n) is 4.81. The van der Waals surface area contributed by atoms with Gasteiger partial charge < -0.3 is 14.8 Å². The van der Waals surface area contributed by atoms with Crippen molar-refractivity contribution in [2.45, 2.75) is 31.8 Å². The van der Waals surface area contributed by atoms with Crippen LogP contribution in [-0.2, 0) is 16.0 Å². The molecule has 0 saturated carbocycles. The number of fused-ring (bicyclic) bond motifs is 1. The van der Waals surface area contributed by atoms with Crippen LogP contribution in [0.2, 0.25) is 0 Å². The fourth-order valence-electron chi connectivity index (χ4n) is 2.41. The molecule has 0 radical (unpaired) electrons. The van der Waals surface area contributed by atoms with E-state index in [1.54, 1.807) is 0 Å². The molecule has 0 bridgehead atoms. The zero-order valence-electron chi connectivity index (χ0n) is 10.3. The van der Waals surface area contributed by atoms with Crippen molar-refractivity contribution in [2.75, 3.05) is 18.5 Å². The fraction of sp³-hybridized carbons (Fsp3) is 0.500. The van der Waals surface area contributed by atoms with Crippen LogP contribution in [0.15, 0.2) is 18.2 Å². The van der Waals surface area contributed by atoms with E-state index in [-0.39, 0.29) is 12.0 Å². The average Bonchev–Trinajstić information content (AvgIpc) is 2.89. The molecule has 1 aromatic rings. The maximum absolute atomic E-state index is 11.3. The van der Waals surface area contributed by atoms with Crippen LogP contribution in [-0.4, -0.2) is 25.2 Å². The Morgan fingerprint density at radius 2 is 2.33 bits per heavy atom. The van der Waals surface area contributed by atoms with Crippen LogP contribution in [0.1, 0.15) is 24.8 Å². The molecular formula is C14H17NO3. The SMILES string of the molecule is O=C1CCc2ccc(OCC3CCCO3)cc2N1. The number of nitrogens with one attached hydrogen (secondary N) is 1. The molecule has 0 spiro atoms. The Bertz CT molecular complexity index is 452. The van der Waals surface area contributed by atoms with Gasteiger partial charge in [0.1, 0.15) is 12.4 Å². The lowest BCUT2D eigenvalue weighted by atomic mass is 10.0. The number of ether oxygens (including phenoxy) is 2. The summed E-state index contributed by atoms with van der Waals surface area (Å²) < 4.78 is 11.2. The second-order valence-corrected chi connectivity index (χ2v) is 4.81. The van der Waals surface area contributed by atoms with Crippen LogP contribution in [0.3, 0.4) is 0 Å². The van der Waals surface area contributed by atoms with E-state index in [4.69, 9.17) is 9.47 Å². The van der Waals surface area contributed by atoms with Gasteiger partial charge in [0.05, 0.1) is 6.10 Å². The van der Waals surface area contributed by atoms with E-state index in [1.165, 1.54) is 5.56 Å². The molecule has 4 heteroatoms. The van der Waals surface area contributed by atoms with Crippen LogP contribution in [0.4, 0.5) is 5.69 Å². The first-order valence-electron chi connectivity index (χ1n) is 6.48. The Hall–Kier alpha value is -1.55. The molecule has 1 atom stereocenters. The molecule has 3 rings (SSSR count). The predicted octanol–water partition coefficient (Wildman–Crippen LogP) is 2.13. The highest BCUT2D eigenvalue weighted by atomic mass is 16.5. The number of benzene rings is 1. The van der Waals surface area contributed by atoms with E-state index < -0.39 is 0 Å². The van der Waals surface area contributed by atoms with Crippen LogP contribution >= 0.6 is 0 Å². The van der Waals surface area contributed by atoms with E-state index in [2.05, 4.69) is 5.32 Å². The van der Waals surface area contributed by atoms with E-state index in [0.29, 0.717) is 13.0 Å². The molecule has 1 unspecified atom stereocenters. The van der Waals surface area contributed by atoms with Gasteiger partial charge in [0, 0.05) is 24.8 Å². The molecule has 2 aliphatic rings. The van der Waals surface area contributed by atoms with Gasteiger partial charge in [0.2, 0.25) is 5.91 Å². The van der Waals surface area contributed by atoms with Crippen molar-refractivity contribution < 1.29 is 14.3 Å². The predicted molar refractivity (Wildman–Crippen MR) is 67.9 cm³/mol. The fourth-order valence-corrected chi connectivity index (χ4v) is 2.41. The van der Waals surface area contributed by atoms with E-state index >= 15 is 0 Å². The number of aryl methyl sites for hydroxylation is 1. The summed E-state index contributed by atoms with van der Waals surface area (Å²) in [4.78, 5) is 11.3. The Morgan fingerprint density at radius 1 is 1.39 bits per heavy atom. The molecule has 2 heterocycles. The van der Waals surface area contributed by atoms with Crippen molar-refractivity contribution in [2.24, 2.45) is 0 Å². The van der Waals surface area contributed by atoms with Crippen molar-refractivity contribution in [1.29, 1.82) is 0 Å². The molecule has 0 aliphatic carbocycles. The van der Waals surface area contributed by atoms with Gasteiger partial charge in [-0.1, -0.05) is 6.07 Å². The van der Waals surface area contributed by atoms with Gasteiger partial charge >= 0.3 is 0 Å². The molecule has 1 aromatic carbocycles. The molecule has 18 heavy (non-hydrogen) atoms. The molecule has 1 N–H and O–H groups in total. The van der Waals surface area contributed by atoms with E-state index in [9.17, 15) is 4.79 Å². The number of anilines is 1. The first-order chi connectivity index (χ1) is 8.81. The summed E-state index contributed by atoms with van der Waals surface area (Å²) in [5.74, 6) is 0.880. The van der Waals surface area contributed by atoms with Gasteiger partial charge in [-0.15, -0.1) is 0 Å². The lowest BCUT2D eigenvalue weighted by Crippen LogP contribution is -2.19. The quantitative estimate of drug-likeness (QED) is 0.890. The molecule has 2 aliphatic heterocycles.